The first-order chi connectivity index (χ1) is 8.24. The van der Waals surface area contributed by atoms with Gasteiger partial charge in [-0.2, -0.15) is 0 Å². The molecule has 0 saturated carbocycles. The molecule has 0 spiro atoms. The zero-order valence-electron chi connectivity index (χ0n) is 9.92. The maximum Gasteiger partial charge on any atom is 0.137 e. The van der Waals surface area contributed by atoms with Crippen LogP contribution in [0.1, 0.15) is 24.8 Å². The summed E-state index contributed by atoms with van der Waals surface area (Å²) in [4.78, 5) is 11.8. The van der Waals surface area contributed by atoms with E-state index < -0.39 is 0 Å². The number of Topliss-reactive ketones (excluding diaryl/α,β-unsaturated/α-hetero) is 1. The van der Waals surface area contributed by atoms with Gasteiger partial charge in [-0.05, 0) is 49.5 Å². The Morgan fingerprint density at radius 2 is 2.12 bits per heavy atom. The number of carbonyl (C=O) groups is 1. The van der Waals surface area contributed by atoms with Gasteiger partial charge in [0.05, 0.1) is 0 Å². The van der Waals surface area contributed by atoms with Gasteiger partial charge >= 0.3 is 0 Å². The van der Waals surface area contributed by atoms with Crippen molar-refractivity contribution in [2.24, 2.45) is 5.92 Å². The molecule has 1 saturated heterocycles. The van der Waals surface area contributed by atoms with Gasteiger partial charge < -0.3 is 5.32 Å². The van der Waals surface area contributed by atoms with Crippen molar-refractivity contribution in [2.45, 2.75) is 25.7 Å². The van der Waals surface area contributed by atoms with Gasteiger partial charge in [0, 0.05) is 17.9 Å². The number of benzene rings is 1. The number of carbonyl (C=O) groups excluding carboxylic acids is 1. The van der Waals surface area contributed by atoms with Gasteiger partial charge in [0.15, 0.2) is 0 Å². The minimum absolute atomic E-state index is 0.333. The summed E-state index contributed by atoms with van der Waals surface area (Å²) in [5, 5.41) is 4.05. The highest BCUT2D eigenvalue weighted by molar-refractivity contribution is 6.30. The van der Waals surface area contributed by atoms with Crippen molar-refractivity contribution in [3.8, 4) is 0 Å². The van der Waals surface area contributed by atoms with Crippen molar-refractivity contribution in [3.63, 3.8) is 0 Å². The predicted molar refractivity (Wildman–Crippen MR) is 70.4 cm³/mol. The van der Waals surface area contributed by atoms with Gasteiger partial charge in [0.25, 0.3) is 0 Å². The molecule has 0 aromatic heterocycles. The summed E-state index contributed by atoms with van der Waals surface area (Å²) in [7, 11) is 0. The van der Waals surface area contributed by atoms with E-state index in [4.69, 9.17) is 11.6 Å². The van der Waals surface area contributed by atoms with Crippen molar-refractivity contribution in [1.82, 2.24) is 5.32 Å². The Morgan fingerprint density at radius 1 is 1.35 bits per heavy atom. The summed E-state index contributed by atoms with van der Waals surface area (Å²) in [6.45, 7) is 2.18. The second-order valence-corrected chi connectivity index (χ2v) is 5.18. The topological polar surface area (TPSA) is 29.1 Å². The van der Waals surface area contributed by atoms with Gasteiger partial charge in [-0.15, -0.1) is 0 Å². The molecular weight excluding hydrogens is 234 g/mol. The van der Waals surface area contributed by atoms with Crippen LogP contribution >= 0.6 is 11.6 Å². The van der Waals surface area contributed by atoms with E-state index in [1.807, 2.05) is 24.3 Å². The van der Waals surface area contributed by atoms with Crippen LogP contribution in [0.15, 0.2) is 24.3 Å². The second-order valence-electron chi connectivity index (χ2n) is 4.74. The van der Waals surface area contributed by atoms with Crippen LogP contribution in [0.25, 0.3) is 0 Å². The number of halogens is 1. The highest BCUT2D eigenvalue weighted by Gasteiger charge is 2.15. The van der Waals surface area contributed by atoms with E-state index in [0.29, 0.717) is 24.5 Å². The molecule has 1 aliphatic heterocycles. The zero-order valence-corrected chi connectivity index (χ0v) is 10.7. The van der Waals surface area contributed by atoms with Crippen molar-refractivity contribution in [2.75, 3.05) is 13.1 Å². The highest BCUT2D eigenvalue weighted by atomic mass is 35.5. The third-order valence-electron chi connectivity index (χ3n) is 3.31. The van der Waals surface area contributed by atoms with E-state index in [2.05, 4.69) is 5.32 Å². The number of hydrogen-bond donors (Lipinski definition) is 1. The summed E-state index contributed by atoms with van der Waals surface area (Å²) in [6, 6.07) is 7.53. The fourth-order valence-electron chi connectivity index (χ4n) is 2.24. The zero-order chi connectivity index (χ0) is 12.1. The largest absolute Gasteiger partial charge is 0.316 e. The van der Waals surface area contributed by atoms with Crippen LogP contribution in [0.2, 0.25) is 5.02 Å². The molecule has 1 fully saturated rings. The normalized spacial score (nSPS) is 19.5. The molecule has 92 valence electrons. The Morgan fingerprint density at radius 3 is 2.76 bits per heavy atom. The van der Waals surface area contributed by atoms with Crippen LogP contribution < -0.4 is 5.32 Å². The van der Waals surface area contributed by atoms with Gasteiger partial charge in [-0.3, -0.25) is 4.79 Å². The van der Waals surface area contributed by atoms with Gasteiger partial charge in [0.2, 0.25) is 0 Å². The van der Waals surface area contributed by atoms with Crippen molar-refractivity contribution in [3.05, 3.63) is 34.9 Å². The Hall–Kier alpha value is -0.860. The monoisotopic (exact) mass is 251 g/mol. The summed E-state index contributed by atoms with van der Waals surface area (Å²) >= 11 is 5.80. The number of ketones is 1. The third-order valence-corrected chi connectivity index (χ3v) is 3.56. The van der Waals surface area contributed by atoms with Gasteiger partial charge in [-0.1, -0.05) is 23.7 Å². The van der Waals surface area contributed by atoms with Crippen LogP contribution in [0.3, 0.4) is 0 Å². The van der Waals surface area contributed by atoms with E-state index >= 15 is 0 Å². The molecule has 1 N–H and O–H groups in total. The summed E-state index contributed by atoms with van der Waals surface area (Å²) < 4.78 is 0. The minimum atomic E-state index is 0.333. The van der Waals surface area contributed by atoms with Crippen molar-refractivity contribution in [1.29, 1.82) is 0 Å². The predicted octanol–water partition coefficient (Wildman–Crippen LogP) is 2.84. The maximum atomic E-state index is 11.8. The number of hydrogen-bond acceptors (Lipinski definition) is 2. The molecule has 2 nitrogen and oxygen atoms in total. The lowest BCUT2D eigenvalue weighted by atomic mass is 9.98. The van der Waals surface area contributed by atoms with E-state index in [-0.39, 0.29) is 0 Å². The molecule has 2 rings (SSSR count). The lowest BCUT2D eigenvalue weighted by Crippen LogP contribution is -2.11. The fraction of sp³-hybridized carbons (Fsp3) is 0.500. The lowest BCUT2D eigenvalue weighted by molar-refractivity contribution is -0.118. The Kier molecular flexibility index (Phi) is 4.57. The molecule has 0 bridgehead atoms. The second kappa shape index (κ2) is 6.18. The molecule has 0 aliphatic carbocycles. The molecular formula is C14H18ClNO. The number of rotatable bonds is 5. The Balaban J connectivity index is 1.74. The molecule has 1 aliphatic rings. The SMILES string of the molecule is O=C(CCC1CCNC1)Cc1ccc(Cl)cc1. The molecule has 17 heavy (non-hydrogen) atoms. The van der Waals surface area contributed by atoms with Crippen molar-refractivity contribution < 1.29 is 4.79 Å². The molecule has 1 atom stereocenters. The van der Waals surface area contributed by atoms with Crippen LogP contribution in [0.4, 0.5) is 0 Å². The van der Waals surface area contributed by atoms with Crippen LogP contribution in [0, 0.1) is 5.92 Å². The molecule has 1 aromatic rings. The first kappa shape index (κ1) is 12.6. The average Bonchev–Trinajstić information content (AvgIpc) is 2.83. The minimum Gasteiger partial charge on any atom is -0.316 e. The van der Waals surface area contributed by atoms with Crippen molar-refractivity contribution >= 4 is 17.4 Å². The highest BCUT2D eigenvalue weighted by Crippen LogP contribution is 2.16. The van der Waals surface area contributed by atoms with Crippen LogP contribution in [-0.4, -0.2) is 18.9 Å². The van der Waals surface area contributed by atoms with E-state index in [9.17, 15) is 4.79 Å². The molecule has 0 amide bonds. The standard InChI is InChI=1S/C14H18ClNO/c15-13-4-1-11(2-5-13)9-14(17)6-3-12-7-8-16-10-12/h1-2,4-5,12,16H,3,6-10H2. The molecule has 1 aromatic carbocycles. The fourth-order valence-corrected chi connectivity index (χ4v) is 2.37. The van der Waals surface area contributed by atoms with Crippen LogP contribution in [-0.2, 0) is 11.2 Å². The summed E-state index contributed by atoms with van der Waals surface area (Å²) in [6.07, 6.45) is 3.49. The maximum absolute atomic E-state index is 11.8. The van der Waals surface area contributed by atoms with E-state index in [0.717, 1.165) is 30.1 Å². The molecule has 1 unspecified atom stereocenters. The lowest BCUT2D eigenvalue weighted by Gasteiger charge is -2.07. The molecule has 1 heterocycles. The average molecular weight is 252 g/mol. The quantitative estimate of drug-likeness (QED) is 0.872. The first-order valence-corrected chi connectivity index (χ1v) is 6.58. The Bertz CT molecular complexity index is 368. The first-order valence-electron chi connectivity index (χ1n) is 6.21. The van der Waals surface area contributed by atoms with Gasteiger partial charge in [-0.25, -0.2) is 0 Å². The molecule has 0 radical (unpaired) electrons. The number of nitrogens with one attached hydrogen (secondary N) is 1. The summed E-state index contributed by atoms with van der Waals surface area (Å²) in [5.41, 5.74) is 1.06. The smallest absolute Gasteiger partial charge is 0.137 e. The third kappa shape index (κ3) is 4.14. The van der Waals surface area contributed by atoms with Crippen LogP contribution in [0.5, 0.6) is 0 Å². The van der Waals surface area contributed by atoms with E-state index in [1.54, 1.807) is 0 Å². The van der Waals surface area contributed by atoms with Gasteiger partial charge in [0.1, 0.15) is 5.78 Å². The summed E-state index contributed by atoms with van der Waals surface area (Å²) in [5.74, 6) is 1.03. The van der Waals surface area contributed by atoms with E-state index in [1.165, 1.54) is 6.42 Å². The Labute approximate surface area is 107 Å². The molecule has 3 heteroatoms.